The fraction of sp³-hybridized carbons (Fsp3) is 0.571. The van der Waals surface area contributed by atoms with E-state index in [9.17, 15) is 4.79 Å². The lowest BCUT2D eigenvalue weighted by atomic mass is 9.99. The van der Waals surface area contributed by atoms with Gasteiger partial charge in [0.05, 0.1) is 0 Å². The smallest absolute Gasteiger partial charge is 0.245 e. The number of halogens is 1. The fourth-order valence-electron chi connectivity index (χ4n) is 1.13. The first-order valence-electron chi connectivity index (χ1n) is 3.39. The van der Waals surface area contributed by atoms with Crippen LogP contribution < -0.4 is 5.73 Å². The summed E-state index contributed by atoms with van der Waals surface area (Å²) in [5.74, 6) is -0.272. The van der Waals surface area contributed by atoms with Crippen LogP contribution >= 0.6 is 15.9 Å². The van der Waals surface area contributed by atoms with Crippen molar-refractivity contribution in [3.63, 3.8) is 0 Å². The molecule has 2 N–H and O–H groups in total. The topological polar surface area (TPSA) is 43.1 Å². The van der Waals surface area contributed by atoms with Gasteiger partial charge in [0.15, 0.2) is 0 Å². The maximum Gasteiger partial charge on any atom is 0.245 e. The zero-order chi connectivity index (χ0) is 7.56. The molecule has 2 nitrogen and oxygen atoms in total. The molecule has 1 amide bonds. The Balaban J connectivity index is 2.78. The molecule has 1 rings (SSSR count). The number of hydrogen-bond acceptors (Lipinski definition) is 1. The largest absolute Gasteiger partial charge is 0.366 e. The molecule has 0 atom stereocenters. The maximum atomic E-state index is 10.7. The van der Waals surface area contributed by atoms with Crippen LogP contribution in [0.5, 0.6) is 0 Å². The maximum absolute atomic E-state index is 10.7. The van der Waals surface area contributed by atoms with Crippen LogP contribution in [0.4, 0.5) is 0 Å². The number of primary amides is 1. The molecule has 0 unspecified atom stereocenters. The normalized spacial score (nSPS) is 19.3. The number of rotatable bonds is 1. The van der Waals surface area contributed by atoms with E-state index in [-0.39, 0.29) is 5.91 Å². The molecule has 0 aromatic carbocycles. The van der Waals surface area contributed by atoms with Crippen LogP contribution in [0.3, 0.4) is 0 Å². The van der Waals surface area contributed by atoms with Crippen molar-refractivity contribution < 1.29 is 4.79 Å². The Kier molecular flexibility index (Phi) is 2.49. The van der Waals surface area contributed by atoms with Crippen LogP contribution in [-0.4, -0.2) is 5.91 Å². The van der Waals surface area contributed by atoms with Crippen molar-refractivity contribution in [1.82, 2.24) is 0 Å². The van der Waals surface area contributed by atoms with Crippen LogP contribution in [0.25, 0.3) is 0 Å². The predicted octanol–water partition coefficient (Wildman–Crippen LogP) is 1.69. The van der Waals surface area contributed by atoms with Crippen molar-refractivity contribution in [3.8, 4) is 0 Å². The van der Waals surface area contributed by atoms with E-state index in [1.165, 1.54) is 0 Å². The number of carbonyl (C=O) groups is 1. The molecule has 1 aliphatic rings. The van der Waals surface area contributed by atoms with E-state index in [2.05, 4.69) is 15.9 Å². The molecule has 0 aliphatic heterocycles. The highest BCUT2D eigenvalue weighted by Gasteiger charge is 2.14. The Labute approximate surface area is 68.6 Å². The van der Waals surface area contributed by atoms with Crippen molar-refractivity contribution in [2.24, 2.45) is 5.73 Å². The van der Waals surface area contributed by atoms with Crippen molar-refractivity contribution in [1.29, 1.82) is 0 Å². The highest BCUT2D eigenvalue weighted by molar-refractivity contribution is 9.11. The number of hydrogen-bond donors (Lipinski definition) is 1. The first-order chi connectivity index (χ1) is 4.72. The summed E-state index contributed by atoms with van der Waals surface area (Å²) < 4.78 is 1.01. The highest BCUT2D eigenvalue weighted by Crippen LogP contribution is 2.28. The SMILES string of the molecule is NC(=O)C1=C(Br)CCCC1. The van der Waals surface area contributed by atoms with E-state index in [1.807, 2.05) is 0 Å². The van der Waals surface area contributed by atoms with Gasteiger partial charge in [-0.2, -0.15) is 0 Å². The second kappa shape index (κ2) is 3.19. The standard InChI is InChI=1S/C7H10BrNO/c8-6-4-2-1-3-5(6)7(9)10/h1-4H2,(H2,9,10). The van der Waals surface area contributed by atoms with Crippen LogP contribution in [0.15, 0.2) is 10.1 Å². The number of allylic oxidation sites excluding steroid dienone is 1. The van der Waals surface area contributed by atoms with Crippen molar-refractivity contribution in [2.75, 3.05) is 0 Å². The predicted molar refractivity (Wildman–Crippen MR) is 43.6 cm³/mol. The first-order valence-corrected chi connectivity index (χ1v) is 4.18. The van der Waals surface area contributed by atoms with Gasteiger partial charge in [-0.1, -0.05) is 15.9 Å². The Morgan fingerprint density at radius 3 is 2.40 bits per heavy atom. The van der Waals surface area contributed by atoms with E-state index < -0.39 is 0 Å². The van der Waals surface area contributed by atoms with Gasteiger partial charge in [-0.25, -0.2) is 0 Å². The van der Waals surface area contributed by atoms with Crippen molar-refractivity contribution >= 4 is 21.8 Å². The molecule has 0 heterocycles. The van der Waals surface area contributed by atoms with Gasteiger partial charge in [-0.05, 0) is 25.7 Å². The molecule has 0 radical (unpaired) electrons. The quantitative estimate of drug-likeness (QED) is 0.693. The summed E-state index contributed by atoms with van der Waals surface area (Å²) in [6.45, 7) is 0. The lowest BCUT2D eigenvalue weighted by Crippen LogP contribution is -2.16. The minimum Gasteiger partial charge on any atom is -0.366 e. The molecule has 10 heavy (non-hydrogen) atoms. The van der Waals surface area contributed by atoms with Crippen LogP contribution in [0, 0.1) is 0 Å². The average molecular weight is 204 g/mol. The van der Waals surface area contributed by atoms with Crippen molar-refractivity contribution in [2.45, 2.75) is 25.7 Å². The van der Waals surface area contributed by atoms with Gasteiger partial charge < -0.3 is 5.73 Å². The number of carbonyl (C=O) groups excluding carboxylic acids is 1. The Bertz CT molecular complexity index is 186. The minimum absolute atomic E-state index is 0.272. The van der Waals surface area contributed by atoms with E-state index in [4.69, 9.17) is 5.73 Å². The molecule has 0 spiro atoms. The van der Waals surface area contributed by atoms with Gasteiger partial charge >= 0.3 is 0 Å². The van der Waals surface area contributed by atoms with Gasteiger partial charge in [-0.15, -0.1) is 0 Å². The summed E-state index contributed by atoms with van der Waals surface area (Å²) in [5.41, 5.74) is 5.91. The molecule has 56 valence electrons. The third-order valence-corrected chi connectivity index (χ3v) is 2.57. The molecule has 1 aliphatic carbocycles. The third kappa shape index (κ3) is 1.59. The fourth-order valence-corrected chi connectivity index (χ4v) is 1.80. The second-order valence-electron chi connectivity index (χ2n) is 2.45. The first kappa shape index (κ1) is 7.79. The van der Waals surface area contributed by atoms with Crippen LogP contribution in [0.2, 0.25) is 0 Å². The Hall–Kier alpha value is -0.310. The lowest BCUT2D eigenvalue weighted by molar-refractivity contribution is -0.114. The summed E-state index contributed by atoms with van der Waals surface area (Å²) >= 11 is 3.33. The van der Waals surface area contributed by atoms with Gasteiger partial charge in [0, 0.05) is 10.1 Å². The average Bonchev–Trinajstić information content (AvgIpc) is 1.88. The summed E-state index contributed by atoms with van der Waals surface area (Å²) in [6, 6.07) is 0. The molecule has 0 aromatic heterocycles. The minimum atomic E-state index is -0.272. The molecule has 0 saturated heterocycles. The number of amides is 1. The van der Waals surface area contributed by atoms with E-state index in [0.717, 1.165) is 35.7 Å². The van der Waals surface area contributed by atoms with E-state index in [0.29, 0.717) is 0 Å². The van der Waals surface area contributed by atoms with E-state index in [1.54, 1.807) is 0 Å². The molecular formula is C7H10BrNO. The summed E-state index contributed by atoms with van der Waals surface area (Å²) in [5, 5.41) is 0. The van der Waals surface area contributed by atoms with Crippen LogP contribution in [0.1, 0.15) is 25.7 Å². The molecule has 0 fully saturated rings. The van der Waals surface area contributed by atoms with Gasteiger partial charge in [0.2, 0.25) is 5.91 Å². The van der Waals surface area contributed by atoms with Gasteiger partial charge in [0.25, 0.3) is 0 Å². The summed E-state index contributed by atoms with van der Waals surface area (Å²) in [7, 11) is 0. The molecule has 3 heteroatoms. The Morgan fingerprint density at radius 1 is 1.40 bits per heavy atom. The zero-order valence-corrected chi connectivity index (χ0v) is 7.28. The molecular weight excluding hydrogens is 194 g/mol. The van der Waals surface area contributed by atoms with Gasteiger partial charge in [0.1, 0.15) is 0 Å². The summed E-state index contributed by atoms with van der Waals surface area (Å²) in [6.07, 6.45) is 4.07. The highest BCUT2D eigenvalue weighted by atomic mass is 79.9. The second-order valence-corrected chi connectivity index (χ2v) is 3.41. The number of nitrogens with two attached hydrogens (primary N) is 1. The van der Waals surface area contributed by atoms with Gasteiger partial charge in [-0.3, -0.25) is 4.79 Å². The Morgan fingerprint density at radius 2 is 2.00 bits per heavy atom. The lowest BCUT2D eigenvalue weighted by Gasteiger charge is -2.12. The van der Waals surface area contributed by atoms with Crippen LogP contribution in [-0.2, 0) is 4.79 Å². The van der Waals surface area contributed by atoms with Crippen molar-refractivity contribution in [3.05, 3.63) is 10.1 Å². The monoisotopic (exact) mass is 203 g/mol. The third-order valence-electron chi connectivity index (χ3n) is 1.70. The molecule has 0 saturated carbocycles. The summed E-state index contributed by atoms with van der Waals surface area (Å²) in [4.78, 5) is 10.7. The zero-order valence-electron chi connectivity index (χ0n) is 5.69. The molecule has 0 bridgehead atoms. The molecule has 0 aromatic rings. The van der Waals surface area contributed by atoms with E-state index >= 15 is 0 Å².